The van der Waals surface area contributed by atoms with Crippen LogP contribution < -0.4 is 0 Å². The zero-order valence-corrected chi connectivity index (χ0v) is 46.2. The van der Waals surface area contributed by atoms with Gasteiger partial charge in [-0.2, -0.15) is 0 Å². The first-order valence-electron chi connectivity index (χ1n) is 4.67. The molecule has 0 aliphatic rings. The first kappa shape index (κ1) is 97.0. The molecule has 43 heteroatoms. The third-order valence-corrected chi connectivity index (χ3v) is 0. The van der Waals surface area contributed by atoms with Gasteiger partial charge >= 0.3 is 136 Å². The Labute approximate surface area is 332 Å². The van der Waals surface area contributed by atoms with Crippen LogP contribution in [0.15, 0.2) is 0 Å². The van der Waals surface area contributed by atoms with Crippen molar-refractivity contribution in [2.45, 2.75) is 0 Å². The third kappa shape index (κ3) is 7350. The summed E-state index contributed by atoms with van der Waals surface area (Å²) in [6.07, 6.45) is 0. The summed E-state index contributed by atoms with van der Waals surface area (Å²) in [4.78, 5) is 0. The molecule has 0 heterocycles. The summed E-state index contributed by atoms with van der Waals surface area (Å²) in [5.74, 6) is 0. The molecule has 0 bridgehead atoms. The largest absolute Gasteiger partial charge is 2.00 e. The Morgan fingerprint density at radius 2 is 0.186 bits per heavy atom. The third-order valence-electron chi connectivity index (χ3n) is 0. The molecule has 0 spiro atoms. The molecule has 43 heavy (non-hydrogen) atoms. The van der Waals surface area contributed by atoms with E-state index in [1.807, 2.05) is 0 Å². The monoisotopic (exact) mass is 1140 g/mol. The summed E-state index contributed by atoms with van der Waals surface area (Å²) in [5.41, 5.74) is 0. The Morgan fingerprint density at radius 1 is 0.186 bits per heavy atom. The predicted octanol–water partition coefficient (Wildman–Crippen LogP) is -10.2. The molecule has 29 nitrogen and oxygen atoms in total. The van der Waals surface area contributed by atoms with Gasteiger partial charge in [-0.15, -0.1) is 0 Å². The summed E-state index contributed by atoms with van der Waals surface area (Å²) >= 11 is 0. The molecule has 0 aromatic rings. The second-order valence-corrected chi connectivity index (χ2v) is 8.57. The van der Waals surface area contributed by atoms with Crippen LogP contribution in [0.1, 0.15) is 0 Å². The van der Waals surface area contributed by atoms with Gasteiger partial charge in [0.2, 0.25) is 0 Å². The van der Waals surface area contributed by atoms with Crippen LogP contribution in [0.2, 0.25) is 0 Å². The molecule has 0 rings (SSSR count). The van der Waals surface area contributed by atoms with E-state index in [1.54, 1.807) is 0 Å². The molecule has 0 aromatic heterocycles. The summed E-state index contributed by atoms with van der Waals surface area (Å²) in [6.45, 7) is 0. The van der Waals surface area contributed by atoms with E-state index in [4.69, 9.17) is 123 Å². The van der Waals surface area contributed by atoms with Gasteiger partial charge in [-0.1, -0.05) is 0 Å². The van der Waals surface area contributed by atoms with Crippen molar-refractivity contribution in [1.29, 1.82) is 0 Å². The molecule has 0 saturated carbocycles. The zero-order valence-electron chi connectivity index (χ0n) is 19.7. The second kappa shape index (κ2) is 43.4. The minimum absolute atomic E-state index is 0. The van der Waals surface area contributed by atoms with Gasteiger partial charge in [0.25, 0.3) is 0 Å². The molecule has 0 aromatic carbocycles. The van der Waals surface area contributed by atoms with E-state index in [1.165, 1.54) is 0 Å². The van der Waals surface area contributed by atoms with Gasteiger partial charge in [0, 0.05) is 72.8 Å². The van der Waals surface area contributed by atoms with Gasteiger partial charge in [0.05, 0.1) is 0 Å². The van der Waals surface area contributed by atoms with Gasteiger partial charge in [0.15, 0.2) is 0 Å². The van der Waals surface area contributed by atoms with Crippen LogP contribution in [-0.4, -0.2) is 128 Å². The maximum Gasteiger partial charge on any atom is 2.00 e. The van der Waals surface area contributed by atoms with E-state index in [-0.39, 0.29) is 142 Å². The normalized spacial score (nSPS) is 9.44. The SMILES string of the molecule is O.O=S(=O)([O-])[O-].O=S(=O)([O-])[O-].O=S(=O)([O-])[O-].O=S(=O)([O-])[O-].O=S(=O)([O-])[O-].O=S(=O)([O-])[O-].O=S(=O)([O-])[O-].[Zn+2].[Zn+2].[Zn+2].[Zn+2].[Zn+2].[Zn+2].[Zn+2]. The Bertz CT molecular complexity index is 930. The molecule has 0 saturated heterocycles. The molecule has 0 atom stereocenters. The summed E-state index contributed by atoms with van der Waals surface area (Å²) in [7, 11) is -36.2. The minimum Gasteiger partial charge on any atom is -0.759 e. The molecule has 232 valence electrons. The van der Waals surface area contributed by atoms with Crippen LogP contribution in [-0.2, 0) is 209 Å². The van der Waals surface area contributed by atoms with Crippen LogP contribution >= 0.6 is 0 Å². The molecule has 0 amide bonds. The topological polar surface area (TPSA) is 593 Å². The molecule has 0 radical (unpaired) electrons. The molecule has 0 fully saturated rings. The summed E-state index contributed by atoms with van der Waals surface area (Å²) in [5, 5.41) is 0. The minimum atomic E-state index is -5.17. The fraction of sp³-hybridized carbons (Fsp3) is 0. The first-order valence-corrected chi connectivity index (χ1v) is 14.0. The average molecular weight is 1150 g/mol. The standard InChI is InChI=1S/7H2O4S.H2O.7Zn/c7*1-5(2,3)4;;;;;;;;/h7*(H2,1,2,3,4);1H2;;;;;;;/q;;;;;;;;7*+2/p-14. The van der Waals surface area contributed by atoms with E-state index in [0.29, 0.717) is 0 Å². The second-order valence-electron chi connectivity index (χ2n) is 2.86. The Morgan fingerprint density at radius 3 is 0.186 bits per heavy atom. The van der Waals surface area contributed by atoms with Crippen molar-refractivity contribution in [2.75, 3.05) is 0 Å². The van der Waals surface area contributed by atoms with Crippen molar-refractivity contribution in [2.24, 2.45) is 0 Å². The van der Waals surface area contributed by atoms with E-state index in [2.05, 4.69) is 0 Å². The average Bonchev–Trinajstić information content (AvgIpc) is 2.06. The number of hydrogen-bond acceptors (Lipinski definition) is 28. The van der Waals surface area contributed by atoms with Gasteiger partial charge in [-0.3, -0.25) is 58.9 Å². The Balaban J connectivity index is -0.0000000159. The van der Waals surface area contributed by atoms with E-state index in [9.17, 15) is 0 Å². The van der Waals surface area contributed by atoms with Gasteiger partial charge in [0.1, 0.15) is 0 Å². The maximum absolute atomic E-state index is 8.52. The van der Waals surface area contributed by atoms with E-state index >= 15 is 0 Å². The van der Waals surface area contributed by atoms with Crippen LogP contribution in [0.3, 0.4) is 0 Å². The Hall–Kier alpha value is 3.41. The predicted molar refractivity (Wildman–Crippen MR) is 76.9 cm³/mol. The van der Waals surface area contributed by atoms with Crippen molar-refractivity contribution in [3.63, 3.8) is 0 Å². The molecule has 2 N–H and O–H groups in total. The van der Waals surface area contributed by atoms with Gasteiger partial charge < -0.3 is 69.2 Å². The smallest absolute Gasteiger partial charge is 0.759 e. The van der Waals surface area contributed by atoms with E-state index < -0.39 is 72.8 Å². The Kier molecular flexibility index (Phi) is 98.0. The van der Waals surface area contributed by atoms with Crippen molar-refractivity contribution >= 4 is 72.8 Å². The molecule has 0 aliphatic heterocycles. The van der Waals surface area contributed by atoms with Gasteiger partial charge in [-0.25, -0.2) is 0 Å². The van der Waals surface area contributed by atoms with E-state index in [0.717, 1.165) is 0 Å². The fourth-order valence-corrected chi connectivity index (χ4v) is 0. The molecule has 0 aliphatic carbocycles. The van der Waals surface area contributed by atoms with Crippen LogP contribution in [0.4, 0.5) is 0 Å². The van der Waals surface area contributed by atoms with Crippen LogP contribution in [0.25, 0.3) is 0 Å². The molecule has 0 unspecified atom stereocenters. The van der Waals surface area contributed by atoms with Crippen LogP contribution in [0.5, 0.6) is 0 Å². The number of rotatable bonds is 0. The maximum atomic E-state index is 8.52. The zero-order chi connectivity index (χ0) is 31.5. The van der Waals surface area contributed by atoms with Crippen molar-refractivity contribution in [3.8, 4) is 0 Å². The molecular weight excluding hydrogens is 1150 g/mol. The van der Waals surface area contributed by atoms with Gasteiger partial charge in [-0.05, 0) is 0 Å². The van der Waals surface area contributed by atoms with Crippen LogP contribution in [0, 0.1) is 0 Å². The van der Waals surface area contributed by atoms with Crippen molar-refractivity contribution in [1.82, 2.24) is 0 Å². The van der Waals surface area contributed by atoms with Crippen molar-refractivity contribution in [3.05, 3.63) is 0 Å². The first-order chi connectivity index (χ1) is 14.0. The number of hydrogen-bond donors (Lipinski definition) is 0. The quantitative estimate of drug-likeness (QED) is 0.123. The summed E-state index contributed by atoms with van der Waals surface area (Å²) < 4.78 is 239. The van der Waals surface area contributed by atoms with Crippen molar-refractivity contribution < 1.29 is 264 Å². The molecular formula is H2O29S7Zn7. The fourth-order valence-electron chi connectivity index (χ4n) is 0. The summed E-state index contributed by atoms with van der Waals surface area (Å²) in [6, 6.07) is 0.